The summed E-state index contributed by atoms with van der Waals surface area (Å²) in [5, 5.41) is 3.43. The Hall–Kier alpha value is -0.610. The normalized spacial score (nSPS) is 34.3. The van der Waals surface area contributed by atoms with E-state index in [9.17, 15) is 4.79 Å². The summed E-state index contributed by atoms with van der Waals surface area (Å²) in [5.41, 5.74) is -0.346. The quantitative estimate of drug-likeness (QED) is 0.823. The van der Waals surface area contributed by atoms with Crippen molar-refractivity contribution in [1.29, 1.82) is 0 Å². The van der Waals surface area contributed by atoms with Gasteiger partial charge in [-0.1, -0.05) is 13.3 Å². The molecular weight excluding hydrogens is 226 g/mol. The minimum absolute atomic E-state index is 0.173. The van der Waals surface area contributed by atoms with E-state index in [0.29, 0.717) is 0 Å². The smallest absolute Gasteiger partial charge is 0.243 e. The van der Waals surface area contributed by atoms with Gasteiger partial charge in [0.15, 0.2) is 0 Å². The lowest BCUT2D eigenvalue weighted by Gasteiger charge is -2.29. The highest BCUT2D eigenvalue weighted by Crippen LogP contribution is 2.23. The fourth-order valence-corrected chi connectivity index (χ4v) is 3.07. The van der Waals surface area contributed by atoms with E-state index in [2.05, 4.69) is 24.1 Å². The van der Waals surface area contributed by atoms with Crippen LogP contribution in [0.1, 0.15) is 46.5 Å². The van der Waals surface area contributed by atoms with Gasteiger partial charge < -0.3 is 9.80 Å². The molecule has 104 valence electrons. The number of nitrogens with one attached hydrogen (secondary N) is 1. The van der Waals surface area contributed by atoms with E-state index >= 15 is 0 Å². The maximum Gasteiger partial charge on any atom is 0.243 e. The number of likely N-dealkylation sites (tertiary alicyclic amines) is 1. The van der Waals surface area contributed by atoms with Gasteiger partial charge in [0.1, 0.15) is 0 Å². The van der Waals surface area contributed by atoms with E-state index in [4.69, 9.17) is 0 Å². The van der Waals surface area contributed by atoms with Gasteiger partial charge in [-0.05, 0) is 46.2 Å². The van der Waals surface area contributed by atoms with E-state index in [-0.39, 0.29) is 17.6 Å². The fourth-order valence-electron chi connectivity index (χ4n) is 3.07. The van der Waals surface area contributed by atoms with Crippen LogP contribution >= 0.6 is 0 Å². The molecule has 0 spiro atoms. The summed E-state index contributed by atoms with van der Waals surface area (Å²) in [6.45, 7) is 10.5. The third-order valence-electron chi connectivity index (χ3n) is 4.54. The van der Waals surface area contributed by atoms with Crippen LogP contribution in [0.15, 0.2) is 0 Å². The molecule has 2 unspecified atom stereocenters. The summed E-state index contributed by atoms with van der Waals surface area (Å²) in [4.78, 5) is 16.9. The number of carbonyl (C=O) groups excluding carboxylic acids is 1. The van der Waals surface area contributed by atoms with Gasteiger partial charge in [0.05, 0.1) is 11.7 Å². The van der Waals surface area contributed by atoms with Crippen LogP contribution in [0.25, 0.3) is 0 Å². The SMILES string of the molecule is CCC1(C)NC(C)N(CCN2CCCCC2)C1=O. The van der Waals surface area contributed by atoms with Crippen molar-refractivity contribution in [2.45, 2.75) is 58.2 Å². The summed E-state index contributed by atoms with van der Waals surface area (Å²) in [5.74, 6) is 0.273. The molecule has 0 bridgehead atoms. The van der Waals surface area contributed by atoms with Crippen molar-refractivity contribution in [2.24, 2.45) is 0 Å². The molecule has 1 amide bonds. The minimum Gasteiger partial charge on any atom is -0.325 e. The van der Waals surface area contributed by atoms with Crippen LogP contribution in [0.2, 0.25) is 0 Å². The molecule has 2 atom stereocenters. The second-order valence-electron chi connectivity index (χ2n) is 5.91. The lowest BCUT2D eigenvalue weighted by Crippen LogP contribution is -2.44. The van der Waals surface area contributed by atoms with Crippen molar-refractivity contribution in [3.8, 4) is 0 Å². The Labute approximate surface area is 111 Å². The molecule has 18 heavy (non-hydrogen) atoms. The molecular formula is C14H27N3O. The first-order valence-electron chi connectivity index (χ1n) is 7.38. The molecule has 0 saturated carbocycles. The fraction of sp³-hybridized carbons (Fsp3) is 0.929. The Bertz CT molecular complexity index is 301. The van der Waals surface area contributed by atoms with Crippen molar-refractivity contribution in [1.82, 2.24) is 15.1 Å². The first-order chi connectivity index (χ1) is 8.57. The van der Waals surface area contributed by atoms with Crippen LogP contribution in [0, 0.1) is 0 Å². The Balaban J connectivity index is 1.87. The standard InChI is InChI=1S/C14H27N3O/c1-4-14(3)13(18)17(12(2)15-14)11-10-16-8-6-5-7-9-16/h12,15H,4-11H2,1-3H3. The monoisotopic (exact) mass is 253 g/mol. The van der Waals surface area contributed by atoms with E-state index in [0.717, 1.165) is 19.5 Å². The molecule has 0 aromatic heterocycles. The highest BCUT2D eigenvalue weighted by atomic mass is 16.2. The largest absolute Gasteiger partial charge is 0.325 e. The van der Waals surface area contributed by atoms with Crippen molar-refractivity contribution in [3.05, 3.63) is 0 Å². The van der Waals surface area contributed by atoms with E-state index in [1.165, 1.54) is 32.4 Å². The van der Waals surface area contributed by atoms with E-state index in [1.54, 1.807) is 0 Å². The highest BCUT2D eigenvalue weighted by molar-refractivity contribution is 5.88. The Morgan fingerprint density at radius 3 is 2.50 bits per heavy atom. The van der Waals surface area contributed by atoms with Gasteiger partial charge in [-0.25, -0.2) is 0 Å². The minimum atomic E-state index is -0.346. The number of hydrogen-bond acceptors (Lipinski definition) is 3. The first kappa shape index (κ1) is 13.8. The second kappa shape index (κ2) is 5.57. The molecule has 0 aromatic carbocycles. The third-order valence-corrected chi connectivity index (χ3v) is 4.54. The molecule has 2 aliphatic heterocycles. The molecule has 0 aliphatic carbocycles. The van der Waals surface area contributed by atoms with E-state index in [1.807, 2.05) is 11.8 Å². The number of piperidine rings is 1. The molecule has 2 rings (SSSR count). The molecule has 4 heteroatoms. The van der Waals surface area contributed by atoms with Gasteiger partial charge >= 0.3 is 0 Å². The van der Waals surface area contributed by atoms with Gasteiger partial charge in [0.2, 0.25) is 5.91 Å². The summed E-state index contributed by atoms with van der Waals surface area (Å²) < 4.78 is 0. The first-order valence-corrected chi connectivity index (χ1v) is 7.38. The lowest BCUT2D eigenvalue weighted by molar-refractivity contribution is -0.133. The van der Waals surface area contributed by atoms with Gasteiger partial charge in [0, 0.05) is 13.1 Å². The van der Waals surface area contributed by atoms with E-state index < -0.39 is 0 Å². The molecule has 1 N–H and O–H groups in total. The van der Waals surface area contributed by atoms with Crippen LogP contribution in [0.3, 0.4) is 0 Å². The second-order valence-corrected chi connectivity index (χ2v) is 5.91. The summed E-state index contributed by atoms with van der Waals surface area (Å²) in [6, 6.07) is 0. The van der Waals surface area contributed by atoms with Crippen molar-refractivity contribution >= 4 is 5.91 Å². The third kappa shape index (κ3) is 2.69. The van der Waals surface area contributed by atoms with Crippen molar-refractivity contribution in [3.63, 3.8) is 0 Å². The average Bonchev–Trinajstić information content (AvgIpc) is 2.60. The molecule has 0 radical (unpaired) electrons. The zero-order chi connectivity index (χ0) is 13.2. The topological polar surface area (TPSA) is 35.6 Å². The zero-order valence-corrected chi connectivity index (χ0v) is 12.0. The molecule has 4 nitrogen and oxygen atoms in total. The van der Waals surface area contributed by atoms with Crippen LogP contribution in [0.4, 0.5) is 0 Å². The average molecular weight is 253 g/mol. The van der Waals surface area contributed by atoms with Crippen molar-refractivity contribution in [2.75, 3.05) is 26.2 Å². The van der Waals surface area contributed by atoms with Crippen LogP contribution in [-0.4, -0.2) is 53.6 Å². The van der Waals surface area contributed by atoms with Gasteiger partial charge in [-0.15, -0.1) is 0 Å². The predicted molar refractivity (Wildman–Crippen MR) is 73.3 cm³/mol. The number of amides is 1. The van der Waals surface area contributed by atoms with Gasteiger partial charge in [-0.3, -0.25) is 10.1 Å². The predicted octanol–water partition coefficient (Wildman–Crippen LogP) is 1.42. The number of hydrogen-bond donors (Lipinski definition) is 1. The number of nitrogens with zero attached hydrogens (tertiary/aromatic N) is 2. The molecule has 2 saturated heterocycles. The lowest BCUT2D eigenvalue weighted by atomic mass is 9.99. The summed E-state index contributed by atoms with van der Waals surface area (Å²) >= 11 is 0. The van der Waals surface area contributed by atoms with Crippen molar-refractivity contribution < 1.29 is 4.79 Å². The number of carbonyl (C=O) groups is 1. The zero-order valence-electron chi connectivity index (χ0n) is 12.0. The molecule has 2 heterocycles. The molecule has 0 aromatic rings. The van der Waals surface area contributed by atoms with Crippen LogP contribution < -0.4 is 5.32 Å². The van der Waals surface area contributed by atoms with Crippen LogP contribution in [0.5, 0.6) is 0 Å². The molecule has 2 fully saturated rings. The Kier molecular flexibility index (Phi) is 4.28. The maximum absolute atomic E-state index is 12.4. The summed E-state index contributed by atoms with van der Waals surface area (Å²) in [7, 11) is 0. The maximum atomic E-state index is 12.4. The Morgan fingerprint density at radius 1 is 1.28 bits per heavy atom. The van der Waals surface area contributed by atoms with Gasteiger partial charge in [0.25, 0.3) is 0 Å². The molecule has 2 aliphatic rings. The number of rotatable bonds is 4. The highest BCUT2D eigenvalue weighted by Gasteiger charge is 2.44. The summed E-state index contributed by atoms with van der Waals surface area (Å²) in [6.07, 6.45) is 5.02. The van der Waals surface area contributed by atoms with Crippen LogP contribution in [-0.2, 0) is 4.79 Å². The van der Waals surface area contributed by atoms with Gasteiger partial charge in [-0.2, -0.15) is 0 Å². The Morgan fingerprint density at radius 2 is 1.94 bits per heavy atom.